The highest BCUT2D eigenvalue weighted by Crippen LogP contribution is 2.43. The Kier molecular flexibility index (Phi) is 6.32. The second kappa shape index (κ2) is 9.90. The number of aromatic nitrogens is 3. The predicted octanol–water partition coefficient (Wildman–Crippen LogP) is 5.68. The van der Waals surface area contributed by atoms with E-state index in [1.807, 2.05) is 24.4 Å². The fourth-order valence-corrected chi connectivity index (χ4v) is 5.70. The van der Waals surface area contributed by atoms with Gasteiger partial charge >= 0.3 is 0 Å². The highest BCUT2D eigenvalue weighted by Gasteiger charge is 2.27. The molecule has 3 aromatic heterocycles. The first-order valence-electron chi connectivity index (χ1n) is 13.1. The number of aliphatic hydroxyl groups excluding tert-OH is 1. The number of aliphatic hydroxyl groups is 1. The highest BCUT2D eigenvalue weighted by molar-refractivity contribution is 6.06. The van der Waals surface area contributed by atoms with Gasteiger partial charge in [-0.25, -0.2) is 15.0 Å². The van der Waals surface area contributed by atoms with Crippen LogP contribution in [0.2, 0.25) is 0 Å². The molecule has 4 aromatic rings. The third-order valence-electron chi connectivity index (χ3n) is 7.79. The van der Waals surface area contributed by atoms with Crippen LogP contribution in [0.5, 0.6) is 0 Å². The maximum Gasteiger partial charge on any atom is 0.232 e. The number of furan rings is 1. The number of anilines is 2. The van der Waals surface area contributed by atoms with Crippen molar-refractivity contribution in [2.75, 3.05) is 29.9 Å². The molecule has 7 nitrogen and oxygen atoms in total. The van der Waals surface area contributed by atoms with Gasteiger partial charge in [0.2, 0.25) is 5.71 Å². The molecule has 4 heterocycles. The fourth-order valence-electron chi connectivity index (χ4n) is 5.70. The molecular formula is C29H33N5O2. The predicted molar refractivity (Wildman–Crippen MR) is 143 cm³/mol. The summed E-state index contributed by atoms with van der Waals surface area (Å²) >= 11 is 0. The quantitative estimate of drug-likeness (QED) is 0.391. The molecule has 36 heavy (non-hydrogen) atoms. The lowest BCUT2D eigenvalue weighted by atomic mass is 9.94. The third kappa shape index (κ3) is 4.32. The number of nitrogens with zero attached hydrogens (tertiary/aromatic N) is 5. The number of fused-ring (bicyclic) bond motifs is 1. The molecule has 1 aromatic carbocycles. The van der Waals surface area contributed by atoms with E-state index in [4.69, 9.17) is 9.40 Å². The van der Waals surface area contributed by atoms with Gasteiger partial charge in [0.15, 0.2) is 0 Å². The van der Waals surface area contributed by atoms with E-state index in [1.54, 1.807) is 6.33 Å². The van der Waals surface area contributed by atoms with E-state index in [1.165, 1.54) is 32.1 Å². The Morgan fingerprint density at radius 3 is 2.39 bits per heavy atom. The lowest BCUT2D eigenvalue weighted by molar-refractivity contribution is 0.145. The van der Waals surface area contributed by atoms with Gasteiger partial charge in [-0.2, -0.15) is 0 Å². The normalized spacial score (nSPS) is 17.6. The zero-order chi connectivity index (χ0) is 24.5. The van der Waals surface area contributed by atoms with Crippen LogP contribution in [-0.4, -0.2) is 52.3 Å². The van der Waals surface area contributed by atoms with Gasteiger partial charge in [0.05, 0.1) is 11.5 Å². The van der Waals surface area contributed by atoms with Gasteiger partial charge < -0.3 is 19.3 Å². The fraction of sp³-hybridized carbons (Fsp3) is 0.414. The summed E-state index contributed by atoms with van der Waals surface area (Å²) in [6.45, 7) is 1.51. The van der Waals surface area contributed by atoms with Crippen molar-refractivity contribution in [3.8, 4) is 22.5 Å². The van der Waals surface area contributed by atoms with Crippen LogP contribution < -0.4 is 9.80 Å². The van der Waals surface area contributed by atoms with Crippen LogP contribution in [0.15, 0.2) is 59.4 Å². The summed E-state index contributed by atoms with van der Waals surface area (Å²) in [5.41, 5.74) is 3.54. The summed E-state index contributed by atoms with van der Waals surface area (Å²) in [5.74, 6) is 2.62. The van der Waals surface area contributed by atoms with E-state index in [0.29, 0.717) is 11.8 Å². The molecule has 0 amide bonds. The summed E-state index contributed by atoms with van der Waals surface area (Å²) in [6, 6.07) is 15.1. The lowest BCUT2D eigenvalue weighted by Crippen LogP contribution is -2.36. The zero-order valence-corrected chi connectivity index (χ0v) is 20.8. The standard InChI is InChI=1S/C29H33N5O2/c1-33(22-10-6-3-7-11-22)24-13-12-21(18-30-24)27-25(20-8-4-2-5-9-20)26-28(31-19-32-29(26)36-27)34-16-14-23(35)15-17-34/h2,4-5,8-9,12-13,18-19,22-23,35H,3,6-7,10-11,14-17H2,1H3. The molecule has 1 saturated carbocycles. The molecule has 1 aliphatic carbocycles. The molecule has 1 aliphatic heterocycles. The Labute approximate surface area is 211 Å². The molecule has 1 N–H and O–H groups in total. The maximum absolute atomic E-state index is 10.0. The van der Waals surface area contributed by atoms with Crippen molar-refractivity contribution >= 4 is 22.7 Å². The van der Waals surface area contributed by atoms with Crippen molar-refractivity contribution in [1.82, 2.24) is 15.0 Å². The van der Waals surface area contributed by atoms with E-state index in [-0.39, 0.29) is 6.10 Å². The third-order valence-corrected chi connectivity index (χ3v) is 7.79. The molecule has 1 saturated heterocycles. The Bertz CT molecular complexity index is 1310. The van der Waals surface area contributed by atoms with Gasteiger partial charge in [0, 0.05) is 43.5 Å². The summed E-state index contributed by atoms with van der Waals surface area (Å²) < 4.78 is 6.43. The van der Waals surface area contributed by atoms with Crippen LogP contribution in [0, 0.1) is 0 Å². The SMILES string of the molecule is CN(c1ccc(-c2oc3ncnc(N4CCC(O)CC4)c3c2-c2ccccc2)cn1)C1CCCCC1. The van der Waals surface area contributed by atoms with E-state index in [2.05, 4.69) is 51.1 Å². The molecule has 0 atom stereocenters. The second-order valence-corrected chi connectivity index (χ2v) is 10.1. The molecule has 7 heteroatoms. The first kappa shape index (κ1) is 23.0. The maximum atomic E-state index is 10.0. The highest BCUT2D eigenvalue weighted by atomic mass is 16.3. The van der Waals surface area contributed by atoms with Crippen LogP contribution in [0.3, 0.4) is 0 Å². The van der Waals surface area contributed by atoms with Gasteiger partial charge in [0.25, 0.3) is 0 Å². The average molecular weight is 484 g/mol. The van der Waals surface area contributed by atoms with Gasteiger partial charge in [-0.3, -0.25) is 0 Å². The van der Waals surface area contributed by atoms with Crippen molar-refractivity contribution < 1.29 is 9.52 Å². The molecule has 0 radical (unpaired) electrons. The molecule has 0 spiro atoms. The van der Waals surface area contributed by atoms with Crippen LogP contribution >= 0.6 is 0 Å². The summed E-state index contributed by atoms with van der Waals surface area (Å²) in [6.07, 6.45) is 11.1. The van der Waals surface area contributed by atoms with Crippen LogP contribution in [0.1, 0.15) is 44.9 Å². The van der Waals surface area contributed by atoms with Gasteiger partial charge in [-0.15, -0.1) is 0 Å². The first-order valence-corrected chi connectivity index (χ1v) is 13.1. The van der Waals surface area contributed by atoms with Crippen molar-refractivity contribution in [2.24, 2.45) is 0 Å². The largest absolute Gasteiger partial charge is 0.437 e. The Balaban J connectivity index is 1.43. The van der Waals surface area contributed by atoms with Crippen molar-refractivity contribution in [3.63, 3.8) is 0 Å². The monoisotopic (exact) mass is 483 g/mol. The summed E-state index contributed by atoms with van der Waals surface area (Å²) in [5, 5.41) is 10.9. The molecule has 2 aliphatic rings. The Morgan fingerprint density at radius 2 is 1.67 bits per heavy atom. The minimum Gasteiger partial charge on any atom is -0.437 e. The average Bonchev–Trinajstić information content (AvgIpc) is 3.34. The minimum absolute atomic E-state index is 0.247. The van der Waals surface area contributed by atoms with Gasteiger partial charge in [-0.1, -0.05) is 49.6 Å². The molecular weight excluding hydrogens is 450 g/mol. The number of benzene rings is 1. The number of pyridine rings is 1. The summed E-state index contributed by atoms with van der Waals surface area (Å²) in [7, 11) is 2.16. The molecule has 186 valence electrons. The number of hydrogen-bond donors (Lipinski definition) is 1. The number of rotatable bonds is 5. The molecule has 6 rings (SSSR count). The number of hydrogen-bond acceptors (Lipinski definition) is 7. The van der Waals surface area contributed by atoms with Crippen molar-refractivity contribution in [1.29, 1.82) is 0 Å². The van der Waals surface area contributed by atoms with Crippen LogP contribution in [0.4, 0.5) is 11.6 Å². The lowest BCUT2D eigenvalue weighted by Gasteiger charge is -2.32. The topological polar surface area (TPSA) is 78.5 Å². The van der Waals surface area contributed by atoms with Gasteiger partial charge in [-0.05, 0) is 43.4 Å². The van der Waals surface area contributed by atoms with Gasteiger partial charge in [0.1, 0.15) is 23.7 Å². The van der Waals surface area contributed by atoms with E-state index in [9.17, 15) is 5.11 Å². The van der Waals surface area contributed by atoms with Crippen molar-refractivity contribution in [2.45, 2.75) is 57.1 Å². The number of piperidine rings is 1. The Morgan fingerprint density at radius 1 is 0.889 bits per heavy atom. The van der Waals surface area contributed by atoms with Crippen molar-refractivity contribution in [3.05, 3.63) is 55.0 Å². The zero-order valence-electron chi connectivity index (χ0n) is 20.8. The van der Waals surface area contributed by atoms with E-state index >= 15 is 0 Å². The molecule has 0 bridgehead atoms. The van der Waals surface area contributed by atoms with E-state index < -0.39 is 0 Å². The smallest absolute Gasteiger partial charge is 0.232 e. The molecule has 0 unspecified atom stereocenters. The van der Waals surface area contributed by atoms with E-state index in [0.717, 1.165) is 65.4 Å². The Hall–Kier alpha value is -3.45. The molecule has 2 fully saturated rings. The first-order chi connectivity index (χ1) is 17.7. The second-order valence-electron chi connectivity index (χ2n) is 10.1. The minimum atomic E-state index is -0.247. The van der Waals surface area contributed by atoms with Crippen LogP contribution in [0.25, 0.3) is 33.6 Å². The summed E-state index contributed by atoms with van der Waals surface area (Å²) in [4.78, 5) is 18.6. The van der Waals surface area contributed by atoms with Crippen LogP contribution in [-0.2, 0) is 0 Å².